The number of fused-ring (bicyclic) bond motifs is 1. The topological polar surface area (TPSA) is 61.8 Å². The van der Waals surface area contributed by atoms with Crippen LogP contribution in [0.1, 0.15) is 27.7 Å². The van der Waals surface area contributed by atoms with Gasteiger partial charge in [0.05, 0.1) is 12.7 Å². The molecule has 2 heterocycles. The van der Waals surface area contributed by atoms with Crippen molar-refractivity contribution in [3.8, 4) is 11.5 Å². The molecule has 0 fully saturated rings. The van der Waals surface area contributed by atoms with E-state index in [1.165, 1.54) is 7.11 Å². The second-order valence-electron chi connectivity index (χ2n) is 5.35. The third kappa shape index (κ3) is 3.05. The molecule has 24 heavy (non-hydrogen) atoms. The molecule has 1 aromatic carbocycles. The summed E-state index contributed by atoms with van der Waals surface area (Å²) in [5.41, 5.74) is 1.57. The third-order valence-corrected chi connectivity index (χ3v) is 4.62. The number of ketones is 1. The molecule has 1 unspecified atom stereocenters. The Hall–Kier alpha value is -2.60. The predicted octanol–water partition coefficient (Wildman–Crippen LogP) is 3.61. The molecular formula is C18H16O5S. The Balaban J connectivity index is 1.83. The van der Waals surface area contributed by atoms with E-state index in [1.807, 2.05) is 18.4 Å². The van der Waals surface area contributed by atoms with Gasteiger partial charge in [-0.2, -0.15) is 0 Å². The summed E-state index contributed by atoms with van der Waals surface area (Å²) < 4.78 is 15.8. The normalized spacial score (nSPS) is 15.8. The first-order valence-corrected chi connectivity index (χ1v) is 8.24. The van der Waals surface area contributed by atoms with Gasteiger partial charge in [0.1, 0.15) is 11.5 Å². The third-order valence-electron chi connectivity index (χ3n) is 3.65. The summed E-state index contributed by atoms with van der Waals surface area (Å²) in [5, 5.41) is 1.97. The fraction of sp³-hybridized carbons (Fsp3) is 0.222. The van der Waals surface area contributed by atoms with Crippen LogP contribution in [0.4, 0.5) is 0 Å². The van der Waals surface area contributed by atoms with Gasteiger partial charge in [0.15, 0.2) is 11.9 Å². The summed E-state index contributed by atoms with van der Waals surface area (Å²) in [4.78, 5) is 24.8. The van der Waals surface area contributed by atoms with Crippen LogP contribution in [0.3, 0.4) is 0 Å². The molecule has 124 valence electrons. The van der Waals surface area contributed by atoms with E-state index < -0.39 is 12.1 Å². The molecule has 0 radical (unpaired) electrons. The first-order chi connectivity index (χ1) is 11.5. The van der Waals surface area contributed by atoms with Crippen LogP contribution in [0.15, 0.2) is 35.4 Å². The number of carbonyl (C=O) groups is 2. The Morgan fingerprint density at radius 2 is 2.12 bits per heavy atom. The smallest absolute Gasteiger partial charge is 0.346 e. The van der Waals surface area contributed by atoms with Crippen LogP contribution in [-0.2, 0) is 9.53 Å². The summed E-state index contributed by atoms with van der Waals surface area (Å²) in [6.07, 6.45) is 1.01. The zero-order valence-corrected chi connectivity index (χ0v) is 14.3. The summed E-state index contributed by atoms with van der Waals surface area (Å²) in [6, 6.07) is 6.87. The lowest BCUT2D eigenvalue weighted by Gasteiger charge is -2.12. The van der Waals surface area contributed by atoms with E-state index in [4.69, 9.17) is 9.47 Å². The highest BCUT2D eigenvalue weighted by molar-refractivity contribution is 7.11. The molecule has 0 N–H and O–H groups in total. The van der Waals surface area contributed by atoms with Crippen molar-refractivity contribution < 1.29 is 23.8 Å². The van der Waals surface area contributed by atoms with Gasteiger partial charge in [-0.05, 0) is 43.0 Å². The minimum Gasteiger partial charge on any atom is -0.479 e. The number of thiophene rings is 1. The average molecular weight is 344 g/mol. The number of hydrogen-bond donors (Lipinski definition) is 0. The molecule has 6 heteroatoms. The maximum Gasteiger partial charge on any atom is 0.346 e. The van der Waals surface area contributed by atoms with Gasteiger partial charge in [0, 0.05) is 17.0 Å². The fourth-order valence-electron chi connectivity index (χ4n) is 2.31. The molecule has 3 rings (SSSR count). The maximum absolute atomic E-state index is 12.4. The predicted molar refractivity (Wildman–Crippen MR) is 90.5 cm³/mol. The standard InChI is InChI=1S/C18H16O5S/c1-10-6-7-24-16(10)9-15-17(19)13-5-4-12(8-14(13)23-15)22-11(2)18(20)21-3/h4-9,11H,1-3H3. The number of hydrogen-bond acceptors (Lipinski definition) is 6. The lowest BCUT2D eigenvalue weighted by Crippen LogP contribution is -2.24. The van der Waals surface area contributed by atoms with Crippen molar-refractivity contribution in [1.29, 1.82) is 0 Å². The number of carbonyl (C=O) groups excluding carboxylic acids is 2. The minimum atomic E-state index is -0.742. The van der Waals surface area contributed by atoms with Gasteiger partial charge in [-0.25, -0.2) is 4.79 Å². The number of rotatable bonds is 4. The number of Topliss-reactive ketones (excluding diaryl/α,β-unsaturated/α-hetero) is 1. The van der Waals surface area contributed by atoms with Crippen molar-refractivity contribution in [2.24, 2.45) is 0 Å². The van der Waals surface area contributed by atoms with Gasteiger partial charge < -0.3 is 14.2 Å². The Morgan fingerprint density at radius 1 is 1.33 bits per heavy atom. The average Bonchev–Trinajstić information content (AvgIpc) is 3.11. The van der Waals surface area contributed by atoms with Crippen molar-refractivity contribution in [2.75, 3.05) is 7.11 Å². The van der Waals surface area contributed by atoms with Crippen LogP contribution >= 0.6 is 11.3 Å². The van der Waals surface area contributed by atoms with Crippen molar-refractivity contribution in [1.82, 2.24) is 0 Å². The zero-order chi connectivity index (χ0) is 17.3. The molecule has 0 spiro atoms. The molecule has 0 saturated carbocycles. The highest BCUT2D eigenvalue weighted by Crippen LogP contribution is 2.35. The molecule has 0 amide bonds. The SMILES string of the molecule is COC(=O)C(C)Oc1ccc2c(c1)OC(=Cc1sccc1C)C2=O. The summed E-state index contributed by atoms with van der Waals surface area (Å²) in [6.45, 7) is 3.57. The number of allylic oxidation sites excluding steroid dienone is 1. The Labute approximate surface area is 143 Å². The maximum atomic E-state index is 12.4. The number of aryl methyl sites for hydroxylation is 1. The fourth-order valence-corrected chi connectivity index (χ4v) is 3.16. The monoisotopic (exact) mass is 344 g/mol. The Bertz CT molecular complexity index is 834. The second-order valence-corrected chi connectivity index (χ2v) is 6.30. The zero-order valence-electron chi connectivity index (χ0n) is 13.5. The van der Waals surface area contributed by atoms with Crippen LogP contribution in [0, 0.1) is 6.92 Å². The molecule has 1 aromatic heterocycles. The first kappa shape index (κ1) is 16.3. The van der Waals surface area contributed by atoms with E-state index in [-0.39, 0.29) is 11.5 Å². The van der Waals surface area contributed by atoms with Crippen LogP contribution in [0.2, 0.25) is 0 Å². The lowest BCUT2D eigenvalue weighted by atomic mass is 10.1. The van der Waals surface area contributed by atoms with Gasteiger partial charge in [-0.1, -0.05) is 0 Å². The number of esters is 1. The Kier molecular flexibility index (Phi) is 4.40. The second kappa shape index (κ2) is 6.49. The molecule has 1 aliphatic heterocycles. The molecule has 1 atom stereocenters. The number of ether oxygens (including phenoxy) is 3. The first-order valence-electron chi connectivity index (χ1n) is 7.36. The summed E-state index contributed by atoms with van der Waals surface area (Å²) in [7, 11) is 1.30. The summed E-state index contributed by atoms with van der Waals surface area (Å²) >= 11 is 1.55. The van der Waals surface area contributed by atoms with Gasteiger partial charge in [-0.3, -0.25) is 4.79 Å². The van der Waals surface area contributed by atoms with Crippen molar-refractivity contribution in [2.45, 2.75) is 20.0 Å². The van der Waals surface area contributed by atoms with E-state index in [9.17, 15) is 9.59 Å². The largest absolute Gasteiger partial charge is 0.479 e. The van der Waals surface area contributed by atoms with Gasteiger partial charge in [-0.15, -0.1) is 11.3 Å². The number of benzene rings is 1. The van der Waals surface area contributed by atoms with E-state index in [1.54, 1.807) is 42.5 Å². The van der Waals surface area contributed by atoms with Crippen molar-refractivity contribution in [3.05, 3.63) is 51.4 Å². The van der Waals surface area contributed by atoms with E-state index in [2.05, 4.69) is 4.74 Å². The van der Waals surface area contributed by atoms with E-state index in [0.717, 1.165) is 10.4 Å². The van der Waals surface area contributed by atoms with Gasteiger partial charge in [0.25, 0.3) is 0 Å². The molecular weight excluding hydrogens is 328 g/mol. The highest BCUT2D eigenvalue weighted by Gasteiger charge is 2.28. The minimum absolute atomic E-state index is 0.162. The molecule has 5 nitrogen and oxygen atoms in total. The van der Waals surface area contributed by atoms with Gasteiger partial charge >= 0.3 is 5.97 Å². The van der Waals surface area contributed by atoms with E-state index >= 15 is 0 Å². The van der Waals surface area contributed by atoms with Crippen LogP contribution in [-0.4, -0.2) is 25.0 Å². The van der Waals surface area contributed by atoms with Crippen molar-refractivity contribution >= 4 is 29.2 Å². The van der Waals surface area contributed by atoms with Crippen LogP contribution in [0.5, 0.6) is 11.5 Å². The molecule has 0 saturated heterocycles. The summed E-state index contributed by atoms with van der Waals surface area (Å²) in [5.74, 6) is 0.517. The number of methoxy groups -OCH3 is 1. The molecule has 0 bridgehead atoms. The Morgan fingerprint density at radius 3 is 2.79 bits per heavy atom. The van der Waals surface area contributed by atoms with Gasteiger partial charge in [0.2, 0.25) is 5.78 Å². The molecule has 2 aromatic rings. The highest BCUT2D eigenvalue weighted by atomic mass is 32.1. The quantitative estimate of drug-likeness (QED) is 0.626. The van der Waals surface area contributed by atoms with E-state index in [0.29, 0.717) is 17.1 Å². The lowest BCUT2D eigenvalue weighted by molar-refractivity contribution is -0.147. The van der Waals surface area contributed by atoms with Crippen LogP contribution < -0.4 is 9.47 Å². The van der Waals surface area contributed by atoms with Crippen LogP contribution in [0.25, 0.3) is 6.08 Å². The molecule has 0 aliphatic carbocycles. The molecule has 1 aliphatic rings. The van der Waals surface area contributed by atoms with Crippen molar-refractivity contribution in [3.63, 3.8) is 0 Å².